The monoisotopic (exact) mass is 296 g/mol. The summed E-state index contributed by atoms with van der Waals surface area (Å²) in [5, 5.41) is 10.4. The predicted molar refractivity (Wildman–Crippen MR) is 76.7 cm³/mol. The van der Waals surface area contributed by atoms with Gasteiger partial charge in [0.2, 0.25) is 0 Å². The molecule has 0 saturated carbocycles. The first-order valence-corrected chi connectivity index (χ1v) is 7.87. The molecule has 2 aliphatic rings. The molecule has 2 aliphatic heterocycles. The lowest BCUT2D eigenvalue weighted by atomic mass is 10.1. The van der Waals surface area contributed by atoms with Crippen molar-refractivity contribution in [3.05, 3.63) is 30.3 Å². The van der Waals surface area contributed by atoms with E-state index in [1.54, 1.807) is 11.8 Å². The molecule has 0 aliphatic carbocycles. The minimum absolute atomic E-state index is 0.167. The Balaban J connectivity index is 1.59. The van der Waals surface area contributed by atoms with Crippen molar-refractivity contribution in [2.45, 2.75) is 48.9 Å². The molecule has 0 radical (unpaired) electrons. The Kier molecular flexibility index (Phi) is 4.06. The standard InChI is InChI=1S/C15H20O4S/c1-15(2)17-8-11-14(19-15)13(16)12(18-11)9-20-10-6-4-3-5-7-10/h3-7,11-14,16H,8-9H2,1-2H3/t11-,12+,13?,14?/m0/s1. The van der Waals surface area contributed by atoms with E-state index in [1.165, 1.54) is 4.90 Å². The molecule has 2 fully saturated rings. The fourth-order valence-corrected chi connectivity index (χ4v) is 3.55. The van der Waals surface area contributed by atoms with Crippen LogP contribution in [0.1, 0.15) is 13.8 Å². The molecule has 2 heterocycles. The fraction of sp³-hybridized carbons (Fsp3) is 0.600. The summed E-state index contributed by atoms with van der Waals surface area (Å²) in [6, 6.07) is 10.1. The molecule has 110 valence electrons. The van der Waals surface area contributed by atoms with Gasteiger partial charge in [-0.15, -0.1) is 11.8 Å². The molecule has 4 atom stereocenters. The zero-order valence-electron chi connectivity index (χ0n) is 11.7. The van der Waals surface area contributed by atoms with Crippen LogP contribution in [0.4, 0.5) is 0 Å². The van der Waals surface area contributed by atoms with E-state index in [9.17, 15) is 5.11 Å². The summed E-state index contributed by atoms with van der Waals surface area (Å²) >= 11 is 1.69. The van der Waals surface area contributed by atoms with Crippen LogP contribution in [-0.4, -0.2) is 47.7 Å². The Morgan fingerprint density at radius 1 is 1.30 bits per heavy atom. The van der Waals surface area contributed by atoms with E-state index in [1.807, 2.05) is 32.0 Å². The van der Waals surface area contributed by atoms with Crippen molar-refractivity contribution in [1.82, 2.24) is 0 Å². The highest BCUT2D eigenvalue weighted by atomic mass is 32.2. The maximum absolute atomic E-state index is 10.4. The quantitative estimate of drug-likeness (QED) is 0.865. The lowest BCUT2D eigenvalue weighted by molar-refractivity contribution is -0.300. The molecule has 4 nitrogen and oxygen atoms in total. The minimum Gasteiger partial charge on any atom is -0.388 e. The van der Waals surface area contributed by atoms with E-state index in [0.29, 0.717) is 12.4 Å². The third kappa shape index (κ3) is 3.02. The summed E-state index contributed by atoms with van der Waals surface area (Å²) < 4.78 is 17.2. The Hall–Kier alpha value is -0.590. The van der Waals surface area contributed by atoms with Crippen LogP contribution in [0.2, 0.25) is 0 Å². The molecule has 0 spiro atoms. The van der Waals surface area contributed by atoms with E-state index < -0.39 is 11.9 Å². The number of ether oxygens (including phenoxy) is 3. The van der Waals surface area contributed by atoms with Gasteiger partial charge in [0.25, 0.3) is 0 Å². The van der Waals surface area contributed by atoms with Crippen LogP contribution in [0, 0.1) is 0 Å². The van der Waals surface area contributed by atoms with Crippen molar-refractivity contribution in [2.75, 3.05) is 12.4 Å². The molecular weight excluding hydrogens is 276 g/mol. The third-order valence-electron chi connectivity index (χ3n) is 3.61. The van der Waals surface area contributed by atoms with E-state index in [4.69, 9.17) is 14.2 Å². The molecule has 0 amide bonds. The number of rotatable bonds is 3. The van der Waals surface area contributed by atoms with Gasteiger partial charge >= 0.3 is 0 Å². The van der Waals surface area contributed by atoms with Crippen LogP contribution >= 0.6 is 11.8 Å². The molecule has 0 aromatic heterocycles. The number of aliphatic hydroxyl groups is 1. The predicted octanol–water partition coefficient (Wildman–Crippen LogP) is 2.06. The number of hydrogen-bond acceptors (Lipinski definition) is 5. The van der Waals surface area contributed by atoms with Crippen molar-refractivity contribution in [3.8, 4) is 0 Å². The van der Waals surface area contributed by atoms with Gasteiger partial charge < -0.3 is 19.3 Å². The fourth-order valence-electron chi connectivity index (χ4n) is 2.57. The lowest BCUT2D eigenvalue weighted by Gasteiger charge is -2.37. The molecule has 1 N–H and O–H groups in total. The van der Waals surface area contributed by atoms with Crippen LogP contribution in [-0.2, 0) is 14.2 Å². The van der Waals surface area contributed by atoms with Crippen molar-refractivity contribution < 1.29 is 19.3 Å². The highest BCUT2D eigenvalue weighted by Crippen LogP contribution is 2.35. The summed E-state index contributed by atoms with van der Waals surface area (Å²) in [5.41, 5.74) is 0. The van der Waals surface area contributed by atoms with Gasteiger partial charge in [0.05, 0.1) is 12.7 Å². The van der Waals surface area contributed by atoms with Crippen molar-refractivity contribution >= 4 is 11.8 Å². The second-order valence-electron chi connectivity index (χ2n) is 5.62. The van der Waals surface area contributed by atoms with Crippen molar-refractivity contribution in [3.63, 3.8) is 0 Å². The molecule has 2 saturated heterocycles. The van der Waals surface area contributed by atoms with Gasteiger partial charge in [0.1, 0.15) is 18.3 Å². The molecule has 2 unspecified atom stereocenters. The first-order chi connectivity index (χ1) is 9.55. The Bertz CT molecular complexity index is 450. The molecule has 3 rings (SSSR count). The highest BCUT2D eigenvalue weighted by Gasteiger charge is 2.50. The number of fused-ring (bicyclic) bond motifs is 1. The minimum atomic E-state index is -0.646. The van der Waals surface area contributed by atoms with E-state index in [-0.39, 0.29) is 18.3 Å². The molecular formula is C15H20O4S. The SMILES string of the molecule is CC1(C)OC[C@@H]2O[C@H](CSc3ccccc3)C(O)C2O1. The lowest BCUT2D eigenvalue weighted by Crippen LogP contribution is -2.50. The summed E-state index contributed by atoms with van der Waals surface area (Å²) in [7, 11) is 0. The Morgan fingerprint density at radius 3 is 2.80 bits per heavy atom. The van der Waals surface area contributed by atoms with E-state index >= 15 is 0 Å². The van der Waals surface area contributed by atoms with Gasteiger partial charge in [0, 0.05) is 10.6 Å². The van der Waals surface area contributed by atoms with Gasteiger partial charge in [-0.2, -0.15) is 0 Å². The van der Waals surface area contributed by atoms with Crippen LogP contribution in [0.15, 0.2) is 35.2 Å². The molecule has 5 heteroatoms. The summed E-state index contributed by atoms with van der Waals surface area (Å²) in [6.45, 7) is 4.20. The van der Waals surface area contributed by atoms with Crippen molar-refractivity contribution in [2.24, 2.45) is 0 Å². The smallest absolute Gasteiger partial charge is 0.163 e. The number of thioether (sulfide) groups is 1. The van der Waals surface area contributed by atoms with E-state index in [0.717, 1.165) is 0 Å². The Labute approximate surface area is 123 Å². The summed E-state index contributed by atoms with van der Waals surface area (Å²) in [5.74, 6) is 0.0644. The first kappa shape index (κ1) is 14.4. The maximum atomic E-state index is 10.4. The van der Waals surface area contributed by atoms with Gasteiger partial charge in [-0.1, -0.05) is 18.2 Å². The second kappa shape index (κ2) is 5.66. The van der Waals surface area contributed by atoms with Crippen LogP contribution < -0.4 is 0 Å². The molecule has 20 heavy (non-hydrogen) atoms. The van der Waals surface area contributed by atoms with E-state index in [2.05, 4.69) is 12.1 Å². The van der Waals surface area contributed by atoms with Gasteiger partial charge in [-0.25, -0.2) is 0 Å². The molecule has 1 aromatic rings. The summed E-state index contributed by atoms with van der Waals surface area (Å²) in [6.07, 6.45) is -1.27. The topological polar surface area (TPSA) is 47.9 Å². The van der Waals surface area contributed by atoms with Crippen LogP contribution in [0.3, 0.4) is 0 Å². The molecule has 0 bridgehead atoms. The largest absolute Gasteiger partial charge is 0.388 e. The zero-order valence-corrected chi connectivity index (χ0v) is 12.5. The Morgan fingerprint density at radius 2 is 2.05 bits per heavy atom. The van der Waals surface area contributed by atoms with Crippen LogP contribution in [0.25, 0.3) is 0 Å². The van der Waals surface area contributed by atoms with Gasteiger partial charge in [-0.3, -0.25) is 0 Å². The normalized spacial score (nSPS) is 35.8. The number of benzene rings is 1. The third-order valence-corrected chi connectivity index (χ3v) is 4.71. The average Bonchev–Trinajstić information content (AvgIpc) is 2.73. The average molecular weight is 296 g/mol. The molecule has 1 aromatic carbocycles. The summed E-state index contributed by atoms with van der Waals surface area (Å²) in [4.78, 5) is 1.18. The first-order valence-electron chi connectivity index (χ1n) is 6.88. The van der Waals surface area contributed by atoms with Gasteiger partial charge in [-0.05, 0) is 26.0 Å². The second-order valence-corrected chi connectivity index (χ2v) is 6.71. The van der Waals surface area contributed by atoms with Gasteiger partial charge in [0.15, 0.2) is 5.79 Å². The maximum Gasteiger partial charge on any atom is 0.163 e. The highest BCUT2D eigenvalue weighted by molar-refractivity contribution is 7.99. The number of hydrogen-bond donors (Lipinski definition) is 1. The number of aliphatic hydroxyl groups excluding tert-OH is 1. The van der Waals surface area contributed by atoms with Crippen molar-refractivity contribution in [1.29, 1.82) is 0 Å². The zero-order chi connectivity index (χ0) is 14.2. The van der Waals surface area contributed by atoms with Crippen LogP contribution in [0.5, 0.6) is 0 Å².